The second-order valence-corrected chi connectivity index (χ2v) is 8.68. The first kappa shape index (κ1) is 20.7. The molecule has 0 bridgehead atoms. The number of imidazole rings is 1. The number of anilines is 1. The number of rotatable bonds is 7. The average molecular weight is 425 g/mol. The molecule has 1 aromatic carbocycles. The lowest BCUT2D eigenvalue weighted by Crippen LogP contribution is -2.45. The number of carbonyl (C=O) groups is 1. The van der Waals surface area contributed by atoms with Crippen LogP contribution in [0.2, 0.25) is 0 Å². The Morgan fingerprint density at radius 3 is 2.83 bits per heavy atom. The molecule has 1 saturated heterocycles. The zero-order valence-corrected chi connectivity index (χ0v) is 18.3. The summed E-state index contributed by atoms with van der Waals surface area (Å²) in [7, 11) is 2.03. The summed E-state index contributed by atoms with van der Waals surface area (Å²) in [5.74, 6) is 2.59. The van der Waals surface area contributed by atoms with Crippen LogP contribution in [0.25, 0.3) is 11.0 Å². The monoisotopic (exact) mass is 424 g/mol. The number of piperidine rings is 1. The van der Waals surface area contributed by atoms with Gasteiger partial charge in [0.05, 0.1) is 23.0 Å². The lowest BCUT2D eigenvalue weighted by molar-refractivity contribution is -0.126. The van der Waals surface area contributed by atoms with Gasteiger partial charge in [0.1, 0.15) is 5.82 Å². The van der Waals surface area contributed by atoms with Gasteiger partial charge >= 0.3 is 0 Å². The van der Waals surface area contributed by atoms with E-state index in [2.05, 4.69) is 37.1 Å². The topological polar surface area (TPSA) is 75.9 Å². The number of thioether (sulfide) groups is 1. The Labute approximate surface area is 181 Å². The first-order valence-electron chi connectivity index (χ1n) is 10.4. The summed E-state index contributed by atoms with van der Waals surface area (Å²) in [5, 5.41) is 3.31. The van der Waals surface area contributed by atoms with Crippen molar-refractivity contribution in [3.8, 4) is 0 Å². The van der Waals surface area contributed by atoms with Crippen molar-refractivity contribution in [2.24, 2.45) is 13.0 Å². The number of hydrogen-bond acceptors (Lipinski definition) is 6. The molecule has 1 aliphatic heterocycles. The Balaban J connectivity index is 1.51. The first-order chi connectivity index (χ1) is 14.7. The minimum atomic E-state index is -0.106. The lowest BCUT2D eigenvalue weighted by Gasteiger charge is -2.32. The van der Waals surface area contributed by atoms with Gasteiger partial charge in [-0.15, -0.1) is 0 Å². The van der Waals surface area contributed by atoms with E-state index in [4.69, 9.17) is 4.98 Å². The molecule has 0 aliphatic carbocycles. The van der Waals surface area contributed by atoms with Crippen molar-refractivity contribution in [2.75, 3.05) is 30.0 Å². The Hall–Kier alpha value is -2.61. The van der Waals surface area contributed by atoms with E-state index < -0.39 is 0 Å². The molecule has 1 amide bonds. The molecular formula is C22H28N6OS. The normalized spacial score (nSPS) is 17.8. The maximum atomic E-state index is 13.2. The molecule has 158 valence electrons. The number of fused-ring (bicyclic) bond motifs is 1. The van der Waals surface area contributed by atoms with Crippen LogP contribution in [-0.2, 0) is 11.8 Å². The molecule has 8 heteroatoms. The Bertz CT molecular complexity index is 992. The molecule has 4 rings (SSSR count). The zero-order valence-electron chi connectivity index (χ0n) is 17.5. The fraction of sp³-hybridized carbons (Fsp3) is 0.455. The van der Waals surface area contributed by atoms with E-state index in [1.165, 1.54) is 0 Å². The summed E-state index contributed by atoms with van der Waals surface area (Å²) in [6.07, 6.45) is 8.27. The van der Waals surface area contributed by atoms with Crippen molar-refractivity contribution in [3.05, 3.63) is 48.5 Å². The van der Waals surface area contributed by atoms with Crippen LogP contribution in [0.5, 0.6) is 0 Å². The van der Waals surface area contributed by atoms with E-state index in [-0.39, 0.29) is 17.9 Å². The highest BCUT2D eigenvalue weighted by Crippen LogP contribution is 2.25. The second kappa shape index (κ2) is 9.47. The second-order valence-electron chi connectivity index (χ2n) is 7.69. The molecule has 3 aromatic rings. The number of aryl methyl sites for hydroxylation is 1. The van der Waals surface area contributed by atoms with Crippen molar-refractivity contribution in [1.29, 1.82) is 0 Å². The third kappa shape index (κ3) is 4.43. The molecule has 2 aromatic heterocycles. The van der Waals surface area contributed by atoms with Crippen molar-refractivity contribution in [1.82, 2.24) is 24.8 Å². The molecule has 1 aliphatic rings. The first-order valence-corrected chi connectivity index (χ1v) is 11.8. The van der Waals surface area contributed by atoms with Crippen LogP contribution in [0.15, 0.2) is 42.7 Å². The molecule has 1 N–H and O–H groups in total. The van der Waals surface area contributed by atoms with Crippen LogP contribution in [0, 0.1) is 5.92 Å². The SMILES string of the molecule is CSCC[C@@H](NC(=O)[C@@H]1CCCN(c2ncccn2)C1)c1nc2ccccc2n1C. The predicted molar refractivity (Wildman–Crippen MR) is 122 cm³/mol. The number of nitrogens with one attached hydrogen (secondary N) is 1. The third-order valence-corrected chi connectivity index (χ3v) is 6.33. The summed E-state index contributed by atoms with van der Waals surface area (Å²) in [6.45, 7) is 1.53. The highest BCUT2D eigenvalue weighted by atomic mass is 32.2. The summed E-state index contributed by atoms with van der Waals surface area (Å²) in [4.78, 5) is 28.9. The molecule has 7 nitrogen and oxygen atoms in total. The minimum absolute atomic E-state index is 0.0750. The average Bonchev–Trinajstić information content (AvgIpc) is 3.14. The number of benzene rings is 1. The summed E-state index contributed by atoms with van der Waals surface area (Å²) in [5.41, 5.74) is 2.05. The van der Waals surface area contributed by atoms with Crippen LogP contribution < -0.4 is 10.2 Å². The maximum absolute atomic E-state index is 13.2. The molecule has 0 unspecified atom stereocenters. The molecule has 0 radical (unpaired) electrons. The fourth-order valence-electron chi connectivity index (χ4n) is 4.09. The molecule has 3 heterocycles. The third-order valence-electron chi connectivity index (χ3n) is 5.69. The molecule has 0 spiro atoms. The lowest BCUT2D eigenvalue weighted by atomic mass is 9.96. The molecule has 1 fully saturated rings. The van der Waals surface area contributed by atoms with E-state index in [1.807, 2.05) is 31.3 Å². The van der Waals surface area contributed by atoms with Gasteiger partial charge in [-0.2, -0.15) is 11.8 Å². The van der Waals surface area contributed by atoms with Crippen LogP contribution in [-0.4, -0.2) is 50.5 Å². The van der Waals surface area contributed by atoms with E-state index >= 15 is 0 Å². The predicted octanol–water partition coefficient (Wildman–Crippen LogP) is 3.19. The van der Waals surface area contributed by atoms with Gasteiger partial charge in [0, 0.05) is 32.5 Å². The quantitative estimate of drug-likeness (QED) is 0.628. The van der Waals surface area contributed by atoms with Gasteiger partial charge in [-0.1, -0.05) is 12.1 Å². The van der Waals surface area contributed by atoms with Crippen LogP contribution in [0.3, 0.4) is 0 Å². The number of carbonyl (C=O) groups excluding carboxylic acids is 1. The number of hydrogen-bond donors (Lipinski definition) is 1. The van der Waals surface area contributed by atoms with E-state index in [0.717, 1.165) is 48.4 Å². The van der Waals surface area contributed by atoms with Gasteiger partial charge < -0.3 is 14.8 Å². The zero-order chi connectivity index (χ0) is 20.9. The van der Waals surface area contributed by atoms with Gasteiger partial charge in [-0.05, 0) is 49.5 Å². The molecule has 30 heavy (non-hydrogen) atoms. The standard InChI is InChI=1S/C22H28N6OS/c1-27-19-9-4-3-8-17(19)25-20(27)18(10-14-30-2)26-21(29)16-7-5-13-28(15-16)22-23-11-6-12-24-22/h3-4,6,8-9,11-12,16,18H,5,7,10,13-15H2,1-2H3,(H,26,29)/t16-,18-/m1/s1. The van der Waals surface area contributed by atoms with Crippen molar-refractivity contribution >= 4 is 34.7 Å². The van der Waals surface area contributed by atoms with Crippen LogP contribution in [0.4, 0.5) is 5.95 Å². The van der Waals surface area contributed by atoms with E-state index in [9.17, 15) is 4.79 Å². The summed E-state index contributed by atoms with van der Waals surface area (Å²) in [6, 6.07) is 9.81. The van der Waals surface area contributed by atoms with Crippen molar-refractivity contribution in [2.45, 2.75) is 25.3 Å². The minimum Gasteiger partial charge on any atom is -0.346 e. The number of aromatic nitrogens is 4. The van der Waals surface area contributed by atoms with Gasteiger partial charge in [0.15, 0.2) is 0 Å². The number of nitrogens with zero attached hydrogens (tertiary/aromatic N) is 5. The molecular weight excluding hydrogens is 396 g/mol. The molecule has 0 saturated carbocycles. The van der Waals surface area contributed by atoms with Gasteiger partial charge in [-0.25, -0.2) is 15.0 Å². The fourth-order valence-corrected chi connectivity index (χ4v) is 4.57. The van der Waals surface area contributed by atoms with Crippen molar-refractivity contribution < 1.29 is 4.79 Å². The Morgan fingerprint density at radius 2 is 2.07 bits per heavy atom. The molecule has 2 atom stereocenters. The van der Waals surface area contributed by atoms with Gasteiger partial charge in [-0.3, -0.25) is 4.79 Å². The summed E-state index contributed by atoms with van der Waals surface area (Å²) >= 11 is 1.78. The summed E-state index contributed by atoms with van der Waals surface area (Å²) < 4.78 is 2.10. The maximum Gasteiger partial charge on any atom is 0.225 e. The Kier molecular flexibility index (Phi) is 6.52. The highest BCUT2D eigenvalue weighted by Gasteiger charge is 2.29. The van der Waals surface area contributed by atoms with E-state index in [1.54, 1.807) is 24.2 Å². The van der Waals surface area contributed by atoms with E-state index in [0.29, 0.717) is 12.5 Å². The van der Waals surface area contributed by atoms with Gasteiger partial charge in [0.25, 0.3) is 0 Å². The van der Waals surface area contributed by atoms with Crippen molar-refractivity contribution in [3.63, 3.8) is 0 Å². The number of para-hydroxylation sites is 2. The van der Waals surface area contributed by atoms with Crippen LogP contribution >= 0.6 is 11.8 Å². The Morgan fingerprint density at radius 1 is 1.27 bits per heavy atom. The van der Waals surface area contributed by atoms with Gasteiger partial charge in [0.2, 0.25) is 11.9 Å². The highest BCUT2D eigenvalue weighted by molar-refractivity contribution is 7.98. The smallest absolute Gasteiger partial charge is 0.225 e. The van der Waals surface area contributed by atoms with Crippen LogP contribution in [0.1, 0.15) is 31.1 Å². The number of amides is 1. The largest absolute Gasteiger partial charge is 0.346 e.